The van der Waals surface area contributed by atoms with Crippen LogP contribution in [0.15, 0.2) is 30.5 Å². The van der Waals surface area contributed by atoms with Gasteiger partial charge in [-0.05, 0) is 12.1 Å². The SMILES string of the molecule is COc1cccc(-c2cnnn2CC(N)=S)c1. The van der Waals surface area contributed by atoms with E-state index in [9.17, 15) is 0 Å². The maximum atomic E-state index is 5.50. The van der Waals surface area contributed by atoms with Crippen LogP contribution in [0.25, 0.3) is 11.3 Å². The van der Waals surface area contributed by atoms with Gasteiger partial charge in [-0.2, -0.15) is 0 Å². The lowest BCUT2D eigenvalue weighted by Crippen LogP contribution is -2.18. The van der Waals surface area contributed by atoms with Crippen molar-refractivity contribution in [2.45, 2.75) is 6.54 Å². The smallest absolute Gasteiger partial charge is 0.119 e. The number of ether oxygens (including phenoxy) is 1. The number of rotatable bonds is 4. The zero-order chi connectivity index (χ0) is 12.3. The Morgan fingerprint density at radius 2 is 2.35 bits per heavy atom. The summed E-state index contributed by atoms with van der Waals surface area (Å²) in [6.07, 6.45) is 1.67. The maximum absolute atomic E-state index is 5.50. The van der Waals surface area contributed by atoms with E-state index in [4.69, 9.17) is 22.7 Å². The van der Waals surface area contributed by atoms with Gasteiger partial charge in [0.2, 0.25) is 0 Å². The van der Waals surface area contributed by atoms with Gasteiger partial charge in [0.1, 0.15) is 5.75 Å². The van der Waals surface area contributed by atoms with Crippen LogP contribution in [0.3, 0.4) is 0 Å². The van der Waals surface area contributed by atoms with Gasteiger partial charge in [0.25, 0.3) is 0 Å². The van der Waals surface area contributed by atoms with Crippen molar-refractivity contribution in [3.05, 3.63) is 30.5 Å². The Bertz CT molecular complexity index is 538. The van der Waals surface area contributed by atoms with Gasteiger partial charge in [-0.25, -0.2) is 4.68 Å². The lowest BCUT2D eigenvalue weighted by Gasteiger charge is -2.06. The van der Waals surface area contributed by atoms with E-state index < -0.39 is 0 Å². The van der Waals surface area contributed by atoms with Gasteiger partial charge in [0, 0.05) is 5.56 Å². The summed E-state index contributed by atoms with van der Waals surface area (Å²) >= 11 is 4.87. The molecule has 0 bridgehead atoms. The summed E-state index contributed by atoms with van der Waals surface area (Å²) < 4.78 is 6.84. The summed E-state index contributed by atoms with van der Waals surface area (Å²) in [5, 5.41) is 7.81. The molecule has 5 nitrogen and oxygen atoms in total. The number of nitrogens with zero attached hydrogens (tertiary/aromatic N) is 3. The number of aromatic nitrogens is 3. The van der Waals surface area contributed by atoms with E-state index in [1.807, 2.05) is 24.3 Å². The van der Waals surface area contributed by atoms with E-state index in [0.29, 0.717) is 11.5 Å². The molecule has 2 N–H and O–H groups in total. The second kappa shape index (κ2) is 4.92. The number of thiocarbonyl (C=S) groups is 1. The van der Waals surface area contributed by atoms with Crippen molar-refractivity contribution >= 4 is 17.2 Å². The summed E-state index contributed by atoms with van der Waals surface area (Å²) in [7, 11) is 1.63. The highest BCUT2D eigenvalue weighted by Crippen LogP contribution is 2.22. The van der Waals surface area contributed by atoms with E-state index in [-0.39, 0.29) is 0 Å². The van der Waals surface area contributed by atoms with Crippen LogP contribution in [0.4, 0.5) is 0 Å². The fourth-order valence-electron chi connectivity index (χ4n) is 1.53. The second-order valence-corrected chi connectivity index (χ2v) is 4.00. The molecule has 0 aliphatic heterocycles. The Hall–Kier alpha value is -1.95. The number of hydrogen-bond acceptors (Lipinski definition) is 4. The average molecular weight is 248 g/mol. The Morgan fingerprint density at radius 3 is 3.06 bits per heavy atom. The molecule has 2 rings (SSSR count). The van der Waals surface area contributed by atoms with E-state index in [1.165, 1.54) is 0 Å². The van der Waals surface area contributed by atoms with Crippen molar-refractivity contribution < 1.29 is 4.74 Å². The molecule has 0 amide bonds. The van der Waals surface area contributed by atoms with Gasteiger partial charge in [-0.1, -0.05) is 29.6 Å². The molecule has 0 saturated heterocycles. The molecule has 0 aliphatic carbocycles. The molecule has 0 aliphatic rings. The molecule has 0 radical (unpaired) electrons. The third-order valence-electron chi connectivity index (χ3n) is 2.29. The van der Waals surface area contributed by atoms with Gasteiger partial charge in [0.05, 0.1) is 30.5 Å². The van der Waals surface area contributed by atoms with Crippen LogP contribution >= 0.6 is 12.2 Å². The highest BCUT2D eigenvalue weighted by molar-refractivity contribution is 7.80. The standard InChI is InChI=1S/C11H12N4OS/c1-16-9-4-2-3-8(5-9)10-6-13-14-15(10)7-11(12)17/h2-6H,7H2,1H3,(H2,12,17). The number of hydrogen-bond donors (Lipinski definition) is 1. The predicted molar refractivity (Wildman–Crippen MR) is 68.8 cm³/mol. The first kappa shape index (κ1) is 11.5. The molecule has 0 unspecified atom stereocenters. The van der Waals surface area contributed by atoms with Crippen molar-refractivity contribution in [3.63, 3.8) is 0 Å². The third-order valence-corrected chi connectivity index (χ3v) is 2.42. The van der Waals surface area contributed by atoms with Crippen LogP contribution in [0, 0.1) is 0 Å². The number of nitrogens with two attached hydrogens (primary N) is 1. The van der Waals surface area contributed by atoms with Crippen molar-refractivity contribution in [1.82, 2.24) is 15.0 Å². The fourth-order valence-corrected chi connectivity index (χ4v) is 1.65. The lowest BCUT2D eigenvalue weighted by molar-refractivity contribution is 0.415. The zero-order valence-corrected chi connectivity index (χ0v) is 10.1. The molecule has 88 valence electrons. The van der Waals surface area contributed by atoms with Crippen LogP contribution in [0.5, 0.6) is 5.75 Å². The molecule has 0 saturated carbocycles. The van der Waals surface area contributed by atoms with E-state index >= 15 is 0 Å². The first-order valence-electron chi connectivity index (χ1n) is 5.02. The van der Waals surface area contributed by atoms with Gasteiger partial charge < -0.3 is 10.5 Å². The van der Waals surface area contributed by atoms with Gasteiger partial charge in [0.15, 0.2) is 0 Å². The molecule has 1 heterocycles. The Morgan fingerprint density at radius 1 is 1.53 bits per heavy atom. The molecular weight excluding hydrogens is 236 g/mol. The summed E-state index contributed by atoms with van der Waals surface area (Å²) in [5.74, 6) is 0.783. The van der Waals surface area contributed by atoms with Crippen LogP contribution in [-0.4, -0.2) is 27.1 Å². The minimum Gasteiger partial charge on any atom is -0.497 e. The zero-order valence-electron chi connectivity index (χ0n) is 9.33. The quantitative estimate of drug-likeness (QED) is 0.825. The summed E-state index contributed by atoms with van der Waals surface area (Å²) in [5.41, 5.74) is 7.33. The molecule has 6 heteroatoms. The summed E-state index contributed by atoms with van der Waals surface area (Å²) in [6, 6.07) is 7.66. The maximum Gasteiger partial charge on any atom is 0.119 e. The Balaban J connectivity index is 2.38. The Kier molecular flexibility index (Phi) is 3.34. The van der Waals surface area contributed by atoms with E-state index in [2.05, 4.69) is 10.3 Å². The molecule has 2 aromatic rings. The number of methoxy groups -OCH3 is 1. The minimum absolute atomic E-state index is 0.375. The first-order chi connectivity index (χ1) is 8.20. The molecule has 0 fully saturated rings. The van der Waals surface area contributed by atoms with E-state index in [0.717, 1.165) is 17.0 Å². The average Bonchev–Trinajstić information content (AvgIpc) is 2.76. The van der Waals surface area contributed by atoms with Crippen molar-refractivity contribution in [3.8, 4) is 17.0 Å². The molecule has 1 aromatic carbocycles. The van der Waals surface area contributed by atoms with Crippen molar-refractivity contribution in [1.29, 1.82) is 0 Å². The lowest BCUT2D eigenvalue weighted by atomic mass is 10.1. The van der Waals surface area contributed by atoms with Crippen molar-refractivity contribution in [2.75, 3.05) is 7.11 Å². The fraction of sp³-hybridized carbons (Fsp3) is 0.182. The van der Waals surface area contributed by atoms with Gasteiger partial charge in [-0.3, -0.25) is 0 Å². The monoisotopic (exact) mass is 248 g/mol. The first-order valence-corrected chi connectivity index (χ1v) is 5.43. The minimum atomic E-state index is 0.375. The molecule has 17 heavy (non-hydrogen) atoms. The van der Waals surface area contributed by atoms with E-state index in [1.54, 1.807) is 18.0 Å². The molecule has 1 aromatic heterocycles. The topological polar surface area (TPSA) is 66.0 Å². The highest BCUT2D eigenvalue weighted by atomic mass is 32.1. The Labute approximate surface area is 104 Å². The van der Waals surface area contributed by atoms with Crippen molar-refractivity contribution in [2.24, 2.45) is 5.73 Å². The number of benzene rings is 1. The van der Waals surface area contributed by atoms with Crippen LogP contribution < -0.4 is 10.5 Å². The van der Waals surface area contributed by atoms with Crippen LogP contribution in [0.1, 0.15) is 0 Å². The van der Waals surface area contributed by atoms with Gasteiger partial charge >= 0.3 is 0 Å². The third kappa shape index (κ3) is 2.59. The predicted octanol–water partition coefficient (Wildman–Crippen LogP) is 1.24. The van der Waals surface area contributed by atoms with Crippen LogP contribution in [-0.2, 0) is 6.54 Å². The molecular formula is C11H12N4OS. The second-order valence-electron chi connectivity index (χ2n) is 3.48. The molecule has 0 spiro atoms. The normalized spacial score (nSPS) is 10.2. The van der Waals surface area contributed by atoms with Crippen LogP contribution in [0.2, 0.25) is 0 Å². The molecule has 0 atom stereocenters. The summed E-state index contributed by atoms with van der Waals surface area (Å²) in [4.78, 5) is 0.375. The summed E-state index contributed by atoms with van der Waals surface area (Å²) in [6.45, 7) is 0.377. The highest BCUT2D eigenvalue weighted by Gasteiger charge is 2.08. The van der Waals surface area contributed by atoms with Gasteiger partial charge in [-0.15, -0.1) is 5.10 Å². The largest absolute Gasteiger partial charge is 0.497 e.